The molecule has 88 valence electrons. The number of carboxylic acids is 1. The van der Waals surface area contributed by atoms with Crippen molar-refractivity contribution in [1.29, 1.82) is 0 Å². The number of carbonyl (C=O) groups is 2. The first-order chi connectivity index (χ1) is 7.32. The molecule has 0 radical (unpaired) electrons. The van der Waals surface area contributed by atoms with Gasteiger partial charge in [-0.2, -0.15) is 0 Å². The molecule has 1 heterocycles. The number of thiazole rings is 1. The molecule has 1 aromatic rings. The van der Waals surface area contributed by atoms with E-state index in [0.717, 1.165) is 0 Å². The molecule has 5 nitrogen and oxygen atoms in total. The van der Waals surface area contributed by atoms with Crippen molar-refractivity contribution in [1.82, 2.24) is 4.98 Å². The molecule has 0 spiro atoms. The first kappa shape index (κ1) is 12.6. The lowest BCUT2D eigenvalue weighted by Crippen LogP contribution is -2.39. The molecule has 1 aromatic heterocycles. The van der Waals surface area contributed by atoms with Crippen LogP contribution in [0.25, 0.3) is 0 Å². The summed E-state index contributed by atoms with van der Waals surface area (Å²) in [5, 5.41) is 13.7. The summed E-state index contributed by atoms with van der Waals surface area (Å²) in [6.45, 7) is 5.15. The number of hydrogen-bond acceptors (Lipinski definition) is 4. The predicted octanol–water partition coefficient (Wildman–Crippen LogP) is 1.83. The second-order valence-electron chi connectivity index (χ2n) is 4.46. The lowest BCUT2D eigenvalue weighted by atomic mass is 9.80. The van der Waals surface area contributed by atoms with E-state index in [4.69, 9.17) is 5.11 Å². The third kappa shape index (κ3) is 3.03. The van der Waals surface area contributed by atoms with Crippen LogP contribution in [0.2, 0.25) is 0 Å². The van der Waals surface area contributed by atoms with Gasteiger partial charge in [0.05, 0.1) is 0 Å². The van der Waals surface area contributed by atoms with Gasteiger partial charge in [0.25, 0.3) is 0 Å². The molecule has 0 aliphatic heterocycles. The van der Waals surface area contributed by atoms with Gasteiger partial charge in [0.2, 0.25) is 5.91 Å². The van der Waals surface area contributed by atoms with E-state index in [9.17, 15) is 9.59 Å². The fourth-order valence-corrected chi connectivity index (χ4v) is 1.87. The summed E-state index contributed by atoms with van der Waals surface area (Å²) < 4.78 is 0. The van der Waals surface area contributed by atoms with Gasteiger partial charge in [-0.1, -0.05) is 20.8 Å². The highest BCUT2D eigenvalue weighted by Crippen LogP contribution is 2.27. The Bertz CT molecular complexity index is 381. The zero-order chi connectivity index (χ0) is 12.3. The summed E-state index contributed by atoms with van der Waals surface area (Å²) in [4.78, 5) is 26.7. The standard InChI is InChI=1S/C10H14N2O3S/c1-10(2,3)6(8(14)15)7(13)12-9-11-4-5-16-9/h4-6H,1-3H3,(H,14,15)(H,11,12,13). The first-order valence-corrected chi connectivity index (χ1v) is 5.63. The van der Waals surface area contributed by atoms with Crippen LogP contribution in [-0.2, 0) is 9.59 Å². The topological polar surface area (TPSA) is 79.3 Å². The van der Waals surface area contributed by atoms with E-state index >= 15 is 0 Å². The molecule has 0 saturated heterocycles. The van der Waals surface area contributed by atoms with Crippen molar-refractivity contribution < 1.29 is 14.7 Å². The van der Waals surface area contributed by atoms with Crippen LogP contribution in [0.4, 0.5) is 5.13 Å². The van der Waals surface area contributed by atoms with Gasteiger partial charge in [0, 0.05) is 11.6 Å². The van der Waals surface area contributed by atoms with E-state index in [1.165, 1.54) is 11.3 Å². The Morgan fingerprint density at radius 1 is 1.50 bits per heavy atom. The molecule has 0 bridgehead atoms. The quantitative estimate of drug-likeness (QED) is 0.792. The second kappa shape index (κ2) is 4.61. The number of hydrogen-bond donors (Lipinski definition) is 2. The first-order valence-electron chi connectivity index (χ1n) is 4.75. The summed E-state index contributed by atoms with van der Waals surface area (Å²) in [5.41, 5.74) is -0.632. The highest BCUT2D eigenvalue weighted by molar-refractivity contribution is 7.13. The number of amides is 1. The second-order valence-corrected chi connectivity index (χ2v) is 5.36. The number of aliphatic carboxylic acids is 1. The normalized spacial score (nSPS) is 13.2. The van der Waals surface area contributed by atoms with Crippen LogP contribution in [0.3, 0.4) is 0 Å². The largest absolute Gasteiger partial charge is 0.481 e. The Kier molecular flexibility index (Phi) is 3.64. The van der Waals surface area contributed by atoms with Crippen LogP contribution in [-0.4, -0.2) is 22.0 Å². The van der Waals surface area contributed by atoms with E-state index in [-0.39, 0.29) is 0 Å². The van der Waals surface area contributed by atoms with Crippen molar-refractivity contribution in [2.75, 3.05) is 5.32 Å². The van der Waals surface area contributed by atoms with Crippen LogP contribution in [0.15, 0.2) is 11.6 Å². The maximum Gasteiger partial charge on any atom is 0.316 e. The summed E-state index contributed by atoms with van der Waals surface area (Å²) in [6.07, 6.45) is 1.55. The monoisotopic (exact) mass is 242 g/mol. The molecule has 16 heavy (non-hydrogen) atoms. The number of anilines is 1. The number of nitrogens with zero attached hydrogens (tertiary/aromatic N) is 1. The van der Waals surface area contributed by atoms with Gasteiger partial charge in [0.15, 0.2) is 5.13 Å². The highest BCUT2D eigenvalue weighted by Gasteiger charge is 2.37. The zero-order valence-corrected chi connectivity index (χ0v) is 10.2. The number of carboxylic acid groups (broad SMARTS) is 1. The van der Waals surface area contributed by atoms with Gasteiger partial charge in [-0.25, -0.2) is 4.98 Å². The van der Waals surface area contributed by atoms with E-state index in [2.05, 4.69) is 10.3 Å². The Balaban J connectivity index is 2.81. The van der Waals surface area contributed by atoms with Crippen molar-refractivity contribution >= 4 is 28.3 Å². The van der Waals surface area contributed by atoms with Gasteiger partial charge >= 0.3 is 5.97 Å². The summed E-state index contributed by atoms with van der Waals surface area (Å²) in [7, 11) is 0. The summed E-state index contributed by atoms with van der Waals surface area (Å²) >= 11 is 1.26. The maximum absolute atomic E-state index is 11.8. The smallest absolute Gasteiger partial charge is 0.316 e. The maximum atomic E-state index is 11.8. The zero-order valence-electron chi connectivity index (χ0n) is 9.35. The van der Waals surface area contributed by atoms with Crippen molar-refractivity contribution in [3.8, 4) is 0 Å². The SMILES string of the molecule is CC(C)(C)C(C(=O)O)C(=O)Nc1nccs1. The molecule has 0 aliphatic rings. The fourth-order valence-electron chi connectivity index (χ4n) is 1.34. The average Bonchev–Trinajstić information content (AvgIpc) is 2.52. The van der Waals surface area contributed by atoms with Gasteiger partial charge in [-0.3, -0.25) is 9.59 Å². The highest BCUT2D eigenvalue weighted by atomic mass is 32.1. The minimum absolute atomic E-state index is 0.417. The van der Waals surface area contributed by atoms with Crippen molar-refractivity contribution in [3.63, 3.8) is 0 Å². The summed E-state index contributed by atoms with van der Waals surface area (Å²) in [6, 6.07) is 0. The molecule has 0 aromatic carbocycles. The van der Waals surface area contributed by atoms with E-state index in [1.54, 1.807) is 32.3 Å². The minimum atomic E-state index is -1.12. The van der Waals surface area contributed by atoms with Crippen molar-refractivity contribution in [2.24, 2.45) is 11.3 Å². The van der Waals surface area contributed by atoms with Gasteiger partial charge in [0.1, 0.15) is 5.92 Å². The molecule has 2 N–H and O–H groups in total. The lowest BCUT2D eigenvalue weighted by molar-refractivity contribution is -0.149. The predicted molar refractivity (Wildman–Crippen MR) is 61.3 cm³/mol. The number of aromatic nitrogens is 1. The molecule has 1 rings (SSSR count). The van der Waals surface area contributed by atoms with Crippen LogP contribution in [0, 0.1) is 11.3 Å². The Morgan fingerprint density at radius 3 is 2.50 bits per heavy atom. The third-order valence-electron chi connectivity index (χ3n) is 2.04. The molecule has 1 unspecified atom stereocenters. The van der Waals surface area contributed by atoms with E-state index in [1.807, 2.05) is 0 Å². The molecule has 0 saturated carbocycles. The molecule has 0 fully saturated rings. The van der Waals surface area contributed by atoms with Crippen LogP contribution in [0.1, 0.15) is 20.8 Å². The van der Waals surface area contributed by atoms with Gasteiger partial charge < -0.3 is 10.4 Å². The minimum Gasteiger partial charge on any atom is -0.481 e. The third-order valence-corrected chi connectivity index (χ3v) is 2.73. The Hall–Kier alpha value is -1.43. The van der Waals surface area contributed by atoms with Crippen molar-refractivity contribution in [3.05, 3.63) is 11.6 Å². The van der Waals surface area contributed by atoms with Gasteiger partial charge in [-0.15, -0.1) is 11.3 Å². The van der Waals surface area contributed by atoms with Crippen LogP contribution >= 0.6 is 11.3 Å². The number of rotatable bonds is 3. The van der Waals surface area contributed by atoms with Crippen LogP contribution < -0.4 is 5.32 Å². The number of carbonyl (C=O) groups excluding carboxylic acids is 1. The van der Waals surface area contributed by atoms with Gasteiger partial charge in [-0.05, 0) is 5.41 Å². The van der Waals surface area contributed by atoms with Crippen molar-refractivity contribution in [2.45, 2.75) is 20.8 Å². The Morgan fingerprint density at radius 2 is 2.12 bits per heavy atom. The molecule has 6 heteroatoms. The molecule has 0 aliphatic carbocycles. The van der Waals surface area contributed by atoms with Crippen LogP contribution in [0.5, 0.6) is 0 Å². The average molecular weight is 242 g/mol. The van der Waals surface area contributed by atoms with E-state index in [0.29, 0.717) is 5.13 Å². The molecular formula is C10H14N2O3S. The summed E-state index contributed by atoms with van der Waals surface area (Å²) in [5.74, 6) is -2.74. The Labute approximate surface area is 97.5 Å². The molecule has 1 atom stereocenters. The number of nitrogens with one attached hydrogen (secondary N) is 1. The lowest BCUT2D eigenvalue weighted by Gasteiger charge is -2.25. The fraction of sp³-hybridized carbons (Fsp3) is 0.500. The molecular weight excluding hydrogens is 228 g/mol. The molecule has 1 amide bonds. The van der Waals surface area contributed by atoms with E-state index < -0.39 is 23.2 Å².